The zero-order chi connectivity index (χ0) is 20.7. The Morgan fingerprint density at radius 2 is 1.45 bits per heavy atom. The number of carbonyl (C=O) groups excluding carboxylic acids is 2. The maximum absolute atomic E-state index is 12.4. The SMILES string of the molecule is O=CC(Cc1ccccc1)NC(=O)c1ccc(NS(=O)(=O)c2ccccc2)cc1. The average Bonchev–Trinajstić information content (AvgIpc) is 2.75. The van der Waals surface area contributed by atoms with Crippen LogP contribution in [0.1, 0.15) is 15.9 Å². The van der Waals surface area contributed by atoms with Gasteiger partial charge in [-0.15, -0.1) is 0 Å². The van der Waals surface area contributed by atoms with Gasteiger partial charge in [0.05, 0.1) is 10.9 Å². The molecule has 0 heterocycles. The van der Waals surface area contributed by atoms with E-state index in [4.69, 9.17) is 0 Å². The normalized spacial score (nSPS) is 12.0. The Hall–Kier alpha value is -3.45. The fourth-order valence-electron chi connectivity index (χ4n) is 2.76. The van der Waals surface area contributed by atoms with Crippen molar-refractivity contribution in [3.63, 3.8) is 0 Å². The first-order valence-electron chi connectivity index (χ1n) is 8.96. The third kappa shape index (κ3) is 5.52. The van der Waals surface area contributed by atoms with Crippen LogP contribution in [0.2, 0.25) is 0 Å². The van der Waals surface area contributed by atoms with Gasteiger partial charge in [-0.2, -0.15) is 0 Å². The predicted molar refractivity (Wildman–Crippen MR) is 111 cm³/mol. The Morgan fingerprint density at radius 1 is 0.862 bits per heavy atom. The molecular formula is C22H20N2O4S. The Morgan fingerprint density at radius 3 is 2.03 bits per heavy atom. The van der Waals surface area contributed by atoms with Gasteiger partial charge in [-0.3, -0.25) is 9.52 Å². The second-order valence-electron chi connectivity index (χ2n) is 6.40. The fourth-order valence-corrected chi connectivity index (χ4v) is 3.84. The molecule has 0 radical (unpaired) electrons. The molecule has 1 unspecified atom stereocenters. The van der Waals surface area contributed by atoms with Crippen LogP contribution in [0, 0.1) is 0 Å². The van der Waals surface area contributed by atoms with Gasteiger partial charge in [0.15, 0.2) is 0 Å². The molecule has 3 aromatic rings. The number of benzene rings is 3. The molecular weight excluding hydrogens is 388 g/mol. The van der Waals surface area contributed by atoms with Gasteiger partial charge in [-0.1, -0.05) is 48.5 Å². The van der Waals surface area contributed by atoms with Gasteiger partial charge in [0, 0.05) is 11.3 Å². The second-order valence-corrected chi connectivity index (χ2v) is 8.08. The van der Waals surface area contributed by atoms with E-state index in [0.717, 1.165) is 5.56 Å². The molecule has 0 fully saturated rings. The molecule has 1 amide bonds. The van der Waals surface area contributed by atoms with Crippen LogP contribution in [0.4, 0.5) is 5.69 Å². The van der Waals surface area contributed by atoms with E-state index >= 15 is 0 Å². The summed E-state index contributed by atoms with van der Waals surface area (Å²) in [6, 6.07) is 22.8. The molecule has 1 atom stereocenters. The number of nitrogens with one attached hydrogen (secondary N) is 2. The molecule has 0 aliphatic rings. The molecule has 7 heteroatoms. The first-order chi connectivity index (χ1) is 14.0. The van der Waals surface area contributed by atoms with Crippen molar-refractivity contribution in [2.45, 2.75) is 17.4 Å². The van der Waals surface area contributed by atoms with Crippen LogP contribution in [-0.2, 0) is 21.2 Å². The number of rotatable bonds is 8. The lowest BCUT2D eigenvalue weighted by molar-refractivity contribution is -0.109. The van der Waals surface area contributed by atoms with Crippen LogP contribution in [0.15, 0.2) is 89.8 Å². The lowest BCUT2D eigenvalue weighted by Gasteiger charge is -2.13. The van der Waals surface area contributed by atoms with Crippen molar-refractivity contribution in [1.29, 1.82) is 0 Å². The summed E-state index contributed by atoms with van der Waals surface area (Å²) in [6.45, 7) is 0. The molecule has 6 nitrogen and oxygen atoms in total. The molecule has 2 N–H and O–H groups in total. The number of amides is 1. The molecule has 148 valence electrons. The number of sulfonamides is 1. The van der Waals surface area contributed by atoms with Crippen LogP contribution in [0.5, 0.6) is 0 Å². The van der Waals surface area contributed by atoms with Crippen molar-refractivity contribution in [3.8, 4) is 0 Å². The first-order valence-corrected chi connectivity index (χ1v) is 10.4. The van der Waals surface area contributed by atoms with E-state index in [1.54, 1.807) is 18.2 Å². The van der Waals surface area contributed by atoms with Crippen LogP contribution in [0.3, 0.4) is 0 Å². The summed E-state index contributed by atoms with van der Waals surface area (Å²) >= 11 is 0. The van der Waals surface area contributed by atoms with E-state index in [2.05, 4.69) is 10.0 Å². The van der Waals surface area contributed by atoms with E-state index in [1.165, 1.54) is 36.4 Å². The van der Waals surface area contributed by atoms with E-state index in [9.17, 15) is 18.0 Å². The van der Waals surface area contributed by atoms with Crippen molar-refractivity contribution < 1.29 is 18.0 Å². The van der Waals surface area contributed by atoms with Crippen molar-refractivity contribution in [2.24, 2.45) is 0 Å². The van der Waals surface area contributed by atoms with Gasteiger partial charge in [0.1, 0.15) is 6.29 Å². The molecule has 29 heavy (non-hydrogen) atoms. The quantitative estimate of drug-likeness (QED) is 0.561. The molecule has 0 aliphatic heterocycles. The fraction of sp³-hybridized carbons (Fsp3) is 0.0909. The van der Waals surface area contributed by atoms with Crippen LogP contribution in [0.25, 0.3) is 0 Å². The van der Waals surface area contributed by atoms with Gasteiger partial charge >= 0.3 is 0 Å². The standard InChI is InChI=1S/C22H20N2O4S/c25-16-20(15-17-7-3-1-4-8-17)23-22(26)18-11-13-19(14-12-18)24-29(27,28)21-9-5-2-6-10-21/h1-14,16,20,24H,15H2,(H,23,26). The number of anilines is 1. The summed E-state index contributed by atoms with van der Waals surface area (Å²) in [5.41, 5.74) is 1.60. The van der Waals surface area contributed by atoms with Crippen LogP contribution >= 0.6 is 0 Å². The number of carbonyl (C=O) groups is 2. The summed E-state index contributed by atoms with van der Waals surface area (Å²) in [5.74, 6) is -0.407. The maximum atomic E-state index is 12.4. The Balaban J connectivity index is 1.64. The number of hydrogen-bond donors (Lipinski definition) is 2. The minimum atomic E-state index is -3.70. The zero-order valence-electron chi connectivity index (χ0n) is 15.5. The summed E-state index contributed by atoms with van der Waals surface area (Å²) in [6.07, 6.45) is 1.10. The van der Waals surface area contributed by atoms with Gasteiger partial charge in [-0.25, -0.2) is 8.42 Å². The third-order valence-corrected chi connectivity index (χ3v) is 5.63. The Bertz CT molecular complexity index is 1070. The Labute approximate surface area is 169 Å². The maximum Gasteiger partial charge on any atom is 0.261 e. The molecule has 0 spiro atoms. The molecule has 3 aromatic carbocycles. The van der Waals surface area contributed by atoms with Gasteiger partial charge < -0.3 is 10.1 Å². The lowest BCUT2D eigenvalue weighted by atomic mass is 10.1. The van der Waals surface area contributed by atoms with Crippen molar-refractivity contribution in [3.05, 3.63) is 96.1 Å². The average molecular weight is 408 g/mol. The van der Waals surface area contributed by atoms with E-state index < -0.39 is 22.0 Å². The van der Waals surface area contributed by atoms with E-state index in [-0.39, 0.29) is 4.90 Å². The van der Waals surface area contributed by atoms with E-state index in [1.807, 2.05) is 30.3 Å². The molecule has 0 bridgehead atoms. The molecule has 0 aromatic heterocycles. The van der Waals surface area contributed by atoms with Gasteiger partial charge in [-0.05, 0) is 48.4 Å². The topological polar surface area (TPSA) is 92.3 Å². The highest BCUT2D eigenvalue weighted by molar-refractivity contribution is 7.92. The molecule has 0 saturated carbocycles. The predicted octanol–water partition coefficient (Wildman–Crippen LogP) is 3.03. The second kappa shape index (κ2) is 9.16. The number of hydrogen-bond acceptors (Lipinski definition) is 4. The van der Waals surface area contributed by atoms with Gasteiger partial charge in [0.25, 0.3) is 15.9 Å². The van der Waals surface area contributed by atoms with Crippen molar-refractivity contribution >= 4 is 27.9 Å². The monoisotopic (exact) mass is 408 g/mol. The lowest BCUT2D eigenvalue weighted by Crippen LogP contribution is -2.37. The zero-order valence-corrected chi connectivity index (χ0v) is 16.3. The van der Waals surface area contributed by atoms with Crippen molar-refractivity contribution in [1.82, 2.24) is 5.32 Å². The third-order valence-electron chi connectivity index (χ3n) is 4.23. The summed E-state index contributed by atoms with van der Waals surface area (Å²) in [5, 5.41) is 2.68. The summed E-state index contributed by atoms with van der Waals surface area (Å²) in [4.78, 5) is 23.9. The first kappa shape index (κ1) is 20.3. The smallest absolute Gasteiger partial charge is 0.261 e. The highest BCUT2D eigenvalue weighted by atomic mass is 32.2. The molecule has 0 saturated heterocycles. The molecule has 0 aliphatic carbocycles. The van der Waals surface area contributed by atoms with Crippen molar-refractivity contribution in [2.75, 3.05) is 4.72 Å². The molecule has 3 rings (SSSR count). The summed E-state index contributed by atoms with van der Waals surface area (Å²) in [7, 11) is -3.70. The van der Waals surface area contributed by atoms with Crippen LogP contribution in [-0.4, -0.2) is 26.7 Å². The van der Waals surface area contributed by atoms with E-state index in [0.29, 0.717) is 24.0 Å². The Kier molecular flexibility index (Phi) is 6.41. The highest BCUT2D eigenvalue weighted by Crippen LogP contribution is 2.16. The summed E-state index contributed by atoms with van der Waals surface area (Å²) < 4.78 is 27.2. The van der Waals surface area contributed by atoms with Crippen LogP contribution < -0.4 is 10.0 Å². The van der Waals surface area contributed by atoms with Gasteiger partial charge in [0.2, 0.25) is 0 Å². The largest absolute Gasteiger partial charge is 0.342 e. The minimum absolute atomic E-state index is 0.150. The minimum Gasteiger partial charge on any atom is -0.342 e. The highest BCUT2D eigenvalue weighted by Gasteiger charge is 2.16. The number of aldehydes is 1.